The second kappa shape index (κ2) is 9.23. The number of rotatable bonds is 5. The van der Waals surface area contributed by atoms with Crippen molar-refractivity contribution in [2.75, 3.05) is 19.6 Å². The third-order valence-electron chi connectivity index (χ3n) is 6.10. The monoisotopic (exact) mass is 424 g/mol. The standard InChI is InChI=1S/C25H29ClN2O2/c1-17-11-12-19-18(2)24(30-23(19)15-17)25(29)27-16-22(20-9-5-6-10-21(20)26)28-13-7-3-4-8-14-28/h5-6,9-12,15,22H,3-4,7-8,13-14,16H2,1-2H3,(H,27,29). The Morgan fingerprint density at radius 1 is 1.10 bits per heavy atom. The van der Waals surface area contributed by atoms with E-state index in [4.69, 9.17) is 16.0 Å². The zero-order chi connectivity index (χ0) is 21.1. The Kier molecular flexibility index (Phi) is 6.45. The van der Waals surface area contributed by atoms with E-state index < -0.39 is 0 Å². The first-order chi connectivity index (χ1) is 14.5. The van der Waals surface area contributed by atoms with E-state index in [2.05, 4.69) is 16.3 Å². The topological polar surface area (TPSA) is 45.5 Å². The predicted octanol–water partition coefficient (Wildman–Crippen LogP) is 6.05. The minimum atomic E-state index is -0.173. The molecule has 0 spiro atoms. The highest BCUT2D eigenvalue weighted by Crippen LogP contribution is 2.30. The molecule has 158 valence electrons. The summed E-state index contributed by atoms with van der Waals surface area (Å²) in [4.78, 5) is 15.5. The molecular formula is C25H29ClN2O2. The number of carbonyl (C=O) groups excluding carboxylic acids is 1. The second-order valence-corrected chi connectivity index (χ2v) is 8.66. The molecule has 1 saturated heterocycles. The fourth-order valence-corrected chi connectivity index (χ4v) is 4.67. The summed E-state index contributed by atoms with van der Waals surface area (Å²) in [5, 5.41) is 4.86. The molecule has 1 fully saturated rings. The zero-order valence-corrected chi connectivity index (χ0v) is 18.5. The quantitative estimate of drug-likeness (QED) is 0.542. The molecule has 4 nitrogen and oxygen atoms in total. The summed E-state index contributed by atoms with van der Waals surface area (Å²) in [5.41, 5.74) is 3.82. The molecule has 0 bridgehead atoms. The largest absolute Gasteiger partial charge is 0.451 e. The van der Waals surface area contributed by atoms with Crippen LogP contribution >= 0.6 is 11.6 Å². The van der Waals surface area contributed by atoms with Gasteiger partial charge in [-0.1, -0.05) is 54.8 Å². The molecule has 1 aliphatic heterocycles. The van der Waals surface area contributed by atoms with Crippen molar-refractivity contribution in [2.45, 2.75) is 45.6 Å². The lowest BCUT2D eigenvalue weighted by Crippen LogP contribution is -2.39. The van der Waals surface area contributed by atoms with Crippen LogP contribution in [0.1, 0.15) is 59.0 Å². The molecule has 3 aromatic rings. The fraction of sp³-hybridized carbons (Fsp3) is 0.400. The van der Waals surface area contributed by atoms with E-state index in [1.807, 2.05) is 50.2 Å². The number of likely N-dealkylation sites (tertiary alicyclic amines) is 1. The molecule has 0 saturated carbocycles. The molecule has 2 aromatic carbocycles. The molecule has 4 rings (SSSR count). The third kappa shape index (κ3) is 4.40. The van der Waals surface area contributed by atoms with Crippen LogP contribution in [0.15, 0.2) is 46.9 Å². The van der Waals surface area contributed by atoms with Gasteiger partial charge in [0.25, 0.3) is 5.91 Å². The van der Waals surface area contributed by atoms with Gasteiger partial charge in [-0.3, -0.25) is 9.69 Å². The molecule has 1 aromatic heterocycles. The Morgan fingerprint density at radius 2 is 1.83 bits per heavy atom. The molecule has 2 heterocycles. The average molecular weight is 425 g/mol. The van der Waals surface area contributed by atoms with Gasteiger partial charge in [-0.2, -0.15) is 0 Å². The highest BCUT2D eigenvalue weighted by molar-refractivity contribution is 6.31. The summed E-state index contributed by atoms with van der Waals surface area (Å²) in [6.45, 7) is 6.50. The van der Waals surface area contributed by atoms with Crippen LogP contribution in [0.25, 0.3) is 11.0 Å². The van der Waals surface area contributed by atoms with Crippen LogP contribution in [0.4, 0.5) is 0 Å². The number of halogens is 1. The first-order valence-electron chi connectivity index (χ1n) is 10.8. The van der Waals surface area contributed by atoms with Crippen LogP contribution in [0, 0.1) is 13.8 Å². The van der Waals surface area contributed by atoms with Gasteiger partial charge in [0.1, 0.15) is 5.58 Å². The first kappa shape index (κ1) is 21.0. The molecule has 0 aliphatic carbocycles. The molecule has 30 heavy (non-hydrogen) atoms. The SMILES string of the molecule is Cc1ccc2c(C)c(C(=O)NCC(c3ccccc3Cl)N3CCCCCC3)oc2c1. The molecule has 1 N–H and O–H groups in total. The minimum absolute atomic E-state index is 0.0488. The third-order valence-corrected chi connectivity index (χ3v) is 6.45. The molecule has 0 radical (unpaired) electrons. The lowest BCUT2D eigenvalue weighted by atomic mass is 10.0. The summed E-state index contributed by atoms with van der Waals surface area (Å²) >= 11 is 6.55. The Bertz CT molecular complexity index is 1030. The van der Waals surface area contributed by atoms with Gasteiger partial charge in [0, 0.05) is 22.5 Å². The Labute approximate surface area is 183 Å². The van der Waals surface area contributed by atoms with Crippen molar-refractivity contribution in [1.29, 1.82) is 0 Å². The minimum Gasteiger partial charge on any atom is -0.451 e. The van der Waals surface area contributed by atoms with E-state index in [1.54, 1.807) is 0 Å². The number of fused-ring (bicyclic) bond motifs is 1. The van der Waals surface area contributed by atoms with Gasteiger partial charge in [0.2, 0.25) is 0 Å². The van der Waals surface area contributed by atoms with Crippen LogP contribution < -0.4 is 5.32 Å². The number of hydrogen-bond donors (Lipinski definition) is 1. The van der Waals surface area contributed by atoms with Crippen LogP contribution in [0.3, 0.4) is 0 Å². The highest BCUT2D eigenvalue weighted by Gasteiger charge is 2.25. The van der Waals surface area contributed by atoms with Crippen LogP contribution in [-0.4, -0.2) is 30.4 Å². The van der Waals surface area contributed by atoms with E-state index in [1.165, 1.54) is 25.7 Å². The Hall–Kier alpha value is -2.30. The van der Waals surface area contributed by atoms with Gasteiger partial charge in [-0.15, -0.1) is 0 Å². The van der Waals surface area contributed by atoms with Crippen LogP contribution in [0.5, 0.6) is 0 Å². The van der Waals surface area contributed by atoms with E-state index in [0.717, 1.165) is 45.8 Å². The van der Waals surface area contributed by atoms with Gasteiger partial charge in [-0.25, -0.2) is 0 Å². The summed E-state index contributed by atoms with van der Waals surface area (Å²) in [7, 11) is 0. The van der Waals surface area contributed by atoms with Crippen LogP contribution in [0.2, 0.25) is 5.02 Å². The molecule has 1 aliphatic rings. The maximum atomic E-state index is 13.0. The number of aryl methyl sites for hydroxylation is 2. The molecule has 1 atom stereocenters. The van der Waals surface area contributed by atoms with Crippen molar-refractivity contribution >= 4 is 28.5 Å². The molecule has 5 heteroatoms. The summed E-state index contributed by atoms with van der Waals surface area (Å²) in [6.07, 6.45) is 4.87. The Balaban J connectivity index is 1.57. The van der Waals surface area contributed by atoms with Gasteiger partial charge >= 0.3 is 0 Å². The zero-order valence-electron chi connectivity index (χ0n) is 17.7. The molecule has 1 unspecified atom stereocenters. The van der Waals surface area contributed by atoms with Crippen molar-refractivity contribution in [3.63, 3.8) is 0 Å². The average Bonchev–Trinajstić information content (AvgIpc) is 2.90. The maximum Gasteiger partial charge on any atom is 0.287 e. The normalized spacial score (nSPS) is 16.4. The number of nitrogens with one attached hydrogen (secondary N) is 1. The Morgan fingerprint density at radius 3 is 2.57 bits per heavy atom. The summed E-state index contributed by atoms with van der Waals surface area (Å²) in [6, 6.07) is 14.0. The van der Waals surface area contributed by atoms with Crippen molar-refractivity contribution in [3.05, 3.63) is 69.9 Å². The van der Waals surface area contributed by atoms with Crippen molar-refractivity contribution in [2.24, 2.45) is 0 Å². The maximum absolute atomic E-state index is 13.0. The highest BCUT2D eigenvalue weighted by atomic mass is 35.5. The van der Waals surface area contributed by atoms with Gasteiger partial charge in [0.15, 0.2) is 5.76 Å². The number of amides is 1. The van der Waals surface area contributed by atoms with E-state index in [0.29, 0.717) is 12.3 Å². The number of nitrogens with zero attached hydrogens (tertiary/aromatic N) is 1. The van der Waals surface area contributed by atoms with Crippen molar-refractivity contribution < 1.29 is 9.21 Å². The summed E-state index contributed by atoms with van der Waals surface area (Å²) < 4.78 is 5.92. The predicted molar refractivity (Wildman–Crippen MR) is 122 cm³/mol. The van der Waals surface area contributed by atoms with Crippen molar-refractivity contribution in [1.82, 2.24) is 10.2 Å². The fourth-order valence-electron chi connectivity index (χ4n) is 4.41. The first-order valence-corrected chi connectivity index (χ1v) is 11.2. The number of furan rings is 1. The van der Waals surface area contributed by atoms with E-state index >= 15 is 0 Å². The van der Waals surface area contributed by atoms with E-state index in [9.17, 15) is 4.79 Å². The van der Waals surface area contributed by atoms with Crippen LogP contribution in [-0.2, 0) is 0 Å². The molecule has 1 amide bonds. The molecular weight excluding hydrogens is 396 g/mol. The van der Waals surface area contributed by atoms with Gasteiger partial charge < -0.3 is 9.73 Å². The van der Waals surface area contributed by atoms with Crippen molar-refractivity contribution in [3.8, 4) is 0 Å². The lowest BCUT2D eigenvalue weighted by molar-refractivity contribution is 0.0907. The number of carbonyl (C=O) groups is 1. The lowest BCUT2D eigenvalue weighted by Gasteiger charge is -2.31. The second-order valence-electron chi connectivity index (χ2n) is 8.25. The van der Waals surface area contributed by atoms with Gasteiger partial charge in [-0.05, 0) is 63.0 Å². The smallest absolute Gasteiger partial charge is 0.287 e. The number of benzene rings is 2. The van der Waals surface area contributed by atoms with E-state index in [-0.39, 0.29) is 11.9 Å². The summed E-state index contributed by atoms with van der Waals surface area (Å²) in [5.74, 6) is 0.220. The number of hydrogen-bond acceptors (Lipinski definition) is 3. The van der Waals surface area contributed by atoms with Gasteiger partial charge in [0.05, 0.1) is 6.04 Å².